The van der Waals surface area contributed by atoms with Crippen LogP contribution < -0.4 is 9.80 Å². The zero-order valence-electron chi connectivity index (χ0n) is 14.8. The summed E-state index contributed by atoms with van der Waals surface area (Å²) in [5.41, 5.74) is 4.26. The fourth-order valence-corrected chi connectivity index (χ4v) is 3.22. The van der Waals surface area contributed by atoms with Gasteiger partial charge in [-0.15, -0.1) is 0 Å². The van der Waals surface area contributed by atoms with Crippen LogP contribution in [0.3, 0.4) is 0 Å². The first-order chi connectivity index (χ1) is 12.7. The van der Waals surface area contributed by atoms with Crippen LogP contribution in [0.15, 0.2) is 60.9 Å². The number of rotatable bonds is 3. The first kappa shape index (κ1) is 16.5. The molecule has 2 aromatic carbocycles. The number of hydrogen-bond donors (Lipinski definition) is 0. The van der Waals surface area contributed by atoms with E-state index in [9.17, 15) is 4.39 Å². The maximum atomic E-state index is 13.1. The molecule has 0 spiro atoms. The molecule has 0 atom stereocenters. The highest BCUT2D eigenvalue weighted by atomic mass is 19.1. The monoisotopic (exact) mass is 348 g/mol. The summed E-state index contributed by atoms with van der Waals surface area (Å²) in [6, 6.07) is 15.0. The maximum Gasteiger partial charge on any atom is 0.147 e. The Balaban J connectivity index is 1.47. The largest absolute Gasteiger partial charge is 0.368 e. The van der Waals surface area contributed by atoms with Crippen molar-refractivity contribution in [2.45, 2.75) is 6.92 Å². The summed E-state index contributed by atoms with van der Waals surface area (Å²) in [5.74, 6) is 0.706. The lowest BCUT2D eigenvalue weighted by Crippen LogP contribution is -2.46. The molecule has 1 aromatic heterocycles. The van der Waals surface area contributed by atoms with Gasteiger partial charge in [0, 0.05) is 37.4 Å². The van der Waals surface area contributed by atoms with Crippen LogP contribution in [0.1, 0.15) is 5.56 Å². The van der Waals surface area contributed by atoms with E-state index in [1.54, 1.807) is 0 Å². The average Bonchev–Trinajstić information content (AvgIpc) is 2.69. The van der Waals surface area contributed by atoms with E-state index >= 15 is 0 Å². The van der Waals surface area contributed by atoms with Crippen LogP contribution in [-0.4, -0.2) is 36.1 Å². The number of nitrogens with zero attached hydrogens (tertiary/aromatic N) is 4. The second-order valence-electron chi connectivity index (χ2n) is 6.58. The van der Waals surface area contributed by atoms with E-state index < -0.39 is 0 Å². The highest BCUT2D eigenvalue weighted by Crippen LogP contribution is 2.22. The van der Waals surface area contributed by atoms with Gasteiger partial charge in [-0.1, -0.05) is 29.8 Å². The van der Waals surface area contributed by atoms with Gasteiger partial charge < -0.3 is 9.80 Å². The molecule has 1 fully saturated rings. The number of aryl methyl sites for hydroxylation is 1. The van der Waals surface area contributed by atoms with Crippen molar-refractivity contribution in [3.63, 3.8) is 0 Å². The van der Waals surface area contributed by atoms with Crippen molar-refractivity contribution in [2.24, 2.45) is 0 Å². The van der Waals surface area contributed by atoms with Crippen molar-refractivity contribution in [1.29, 1.82) is 0 Å². The zero-order chi connectivity index (χ0) is 17.9. The number of anilines is 2. The van der Waals surface area contributed by atoms with E-state index in [0.29, 0.717) is 0 Å². The van der Waals surface area contributed by atoms with Gasteiger partial charge in [-0.3, -0.25) is 4.98 Å². The molecule has 4 rings (SSSR count). The first-order valence-corrected chi connectivity index (χ1v) is 8.83. The summed E-state index contributed by atoms with van der Waals surface area (Å²) < 4.78 is 13.1. The summed E-state index contributed by atoms with van der Waals surface area (Å²) in [4.78, 5) is 13.7. The van der Waals surface area contributed by atoms with Gasteiger partial charge in [0.1, 0.15) is 11.6 Å². The molecule has 0 aliphatic carbocycles. The predicted octanol–water partition coefficient (Wildman–Crippen LogP) is 3.92. The van der Waals surface area contributed by atoms with E-state index in [1.807, 2.05) is 24.5 Å². The average molecular weight is 348 g/mol. The molecule has 0 N–H and O–H groups in total. The summed E-state index contributed by atoms with van der Waals surface area (Å²) >= 11 is 0. The lowest BCUT2D eigenvalue weighted by atomic mass is 10.1. The molecular weight excluding hydrogens is 327 g/mol. The van der Waals surface area contributed by atoms with E-state index in [0.717, 1.165) is 48.9 Å². The van der Waals surface area contributed by atoms with Gasteiger partial charge in [0.25, 0.3) is 0 Å². The van der Waals surface area contributed by atoms with Gasteiger partial charge in [-0.2, -0.15) is 0 Å². The second kappa shape index (κ2) is 7.12. The minimum atomic E-state index is -0.199. The molecule has 1 aliphatic rings. The van der Waals surface area contributed by atoms with Crippen LogP contribution in [0.25, 0.3) is 11.3 Å². The summed E-state index contributed by atoms with van der Waals surface area (Å²) in [5, 5.41) is 0. The van der Waals surface area contributed by atoms with E-state index in [4.69, 9.17) is 4.98 Å². The third kappa shape index (κ3) is 3.52. The van der Waals surface area contributed by atoms with Crippen LogP contribution in [0.4, 0.5) is 15.9 Å². The Bertz CT molecular complexity index is 869. The molecule has 0 radical (unpaired) electrons. The smallest absolute Gasteiger partial charge is 0.147 e. The van der Waals surface area contributed by atoms with Crippen molar-refractivity contribution in [2.75, 3.05) is 36.0 Å². The molecule has 4 nitrogen and oxygen atoms in total. The predicted molar refractivity (Wildman–Crippen MR) is 103 cm³/mol. The lowest BCUT2D eigenvalue weighted by molar-refractivity contribution is 0.624. The highest BCUT2D eigenvalue weighted by molar-refractivity contribution is 5.60. The molecule has 132 valence electrons. The number of aromatic nitrogens is 2. The standard InChI is InChI=1S/C21H21FN4/c1-16-2-4-17(5-3-16)20-14-23-15-21(24-20)26-12-10-25(11-13-26)19-8-6-18(22)7-9-19/h2-9,14-15H,10-13H2,1H3. The van der Waals surface area contributed by atoms with E-state index in [1.165, 1.54) is 17.7 Å². The van der Waals surface area contributed by atoms with Crippen LogP contribution in [0.5, 0.6) is 0 Å². The van der Waals surface area contributed by atoms with Crippen molar-refractivity contribution in [3.8, 4) is 11.3 Å². The summed E-state index contributed by atoms with van der Waals surface area (Å²) in [6.45, 7) is 5.56. The SMILES string of the molecule is Cc1ccc(-c2cncc(N3CCN(c4ccc(F)cc4)CC3)n2)cc1. The van der Waals surface area contributed by atoms with Gasteiger partial charge in [-0.05, 0) is 31.2 Å². The Morgan fingerprint density at radius 1 is 0.808 bits per heavy atom. The van der Waals surface area contributed by atoms with Crippen molar-refractivity contribution in [3.05, 3.63) is 72.3 Å². The molecule has 5 heteroatoms. The number of halogens is 1. The Morgan fingerprint density at radius 2 is 1.46 bits per heavy atom. The second-order valence-corrected chi connectivity index (χ2v) is 6.58. The molecule has 1 aliphatic heterocycles. The molecule has 26 heavy (non-hydrogen) atoms. The third-order valence-corrected chi connectivity index (χ3v) is 4.76. The van der Waals surface area contributed by atoms with Crippen LogP contribution in [0.2, 0.25) is 0 Å². The van der Waals surface area contributed by atoms with Gasteiger partial charge in [0.05, 0.1) is 18.1 Å². The van der Waals surface area contributed by atoms with Gasteiger partial charge in [0.2, 0.25) is 0 Å². The van der Waals surface area contributed by atoms with Crippen molar-refractivity contribution in [1.82, 2.24) is 9.97 Å². The van der Waals surface area contributed by atoms with Gasteiger partial charge >= 0.3 is 0 Å². The fourth-order valence-electron chi connectivity index (χ4n) is 3.22. The molecule has 0 bridgehead atoms. The number of piperazine rings is 1. The first-order valence-electron chi connectivity index (χ1n) is 8.83. The third-order valence-electron chi connectivity index (χ3n) is 4.76. The maximum absolute atomic E-state index is 13.1. The lowest BCUT2D eigenvalue weighted by Gasteiger charge is -2.36. The fraction of sp³-hybridized carbons (Fsp3) is 0.238. The van der Waals surface area contributed by atoms with E-state index in [2.05, 4.69) is 46.0 Å². The summed E-state index contributed by atoms with van der Waals surface area (Å²) in [6.07, 6.45) is 3.63. The molecule has 2 heterocycles. The Morgan fingerprint density at radius 3 is 2.15 bits per heavy atom. The van der Waals surface area contributed by atoms with Crippen LogP contribution >= 0.6 is 0 Å². The molecule has 0 unspecified atom stereocenters. The van der Waals surface area contributed by atoms with Crippen LogP contribution in [0, 0.1) is 12.7 Å². The van der Waals surface area contributed by atoms with E-state index in [-0.39, 0.29) is 5.82 Å². The molecule has 0 amide bonds. The summed E-state index contributed by atoms with van der Waals surface area (Å²) in [7, 11) is 0. The topological polar surface area (TPSA) is 32.3 Å². The highest BCUT2D eigenvalue weighted by Gasteiger charge is 2.19. The number of benzene rings is 2. The molecular formula is C21H21FN4. The molecule has 3 aromatic rings. The minimum absolute atomic E-state index is 0.199. The van der Waals surface area contributed by atoms with Gasteiger partial charge in [0.15, 0.2) is 0 Å². The Labute approximate surface area is 152 Å². The van der Waals surface area contributed by atoms with Crippen molar-refractivity contribution < 1.29 is 4.39 Å². The van der Waals surface area contributed by atoms with Crippen LogP contribution in [-0.2, 0) is 0 Å². The quantitative estimate of drug-likeness (QED) is 0.718. The van der Waals surface area contributed by atoms with Crippen molar-refractivity contribution >= 4 is 11.5 Å². The Hall–Kier alpha value is -2.95. The minimum Gasteiger partial charge on any atom is -0.368 e. The molecule has 1 saturated heterocycles. The molecule has 0 saturated carbocycles. The number of hydrogen-bond acceptors (Lipinski definition) is 4. The van der Waals surface area contributed by atoms with Gasteiger partial charge in [-0.25, -0.2) is 9.37 Å². The normalized spacial score (nSPS) is 14.5. The zero-order valence-corrected chi connectivity index (χ0v) is 14.8. The Kier molecular flexibility index (Phi) is 4.52.